The molecule has 0 bridgehead atoms. The minimum Gasteiger partial charge on any atom is -0.497 e. The fraction of sp³-hybridized carbons (Fsp3) is 0.357. The molecule has 1 aliphatic carbocycles. The maximum Gasteiger partial charge on any atom is 0.231 e. The SMILES string of the molecule is COc1ccc2nc(-c3ccc4c(c3)OCO4)n(-c3ccnc(N[C@H]4CCCN(C(=O)C5CC5)C4)n3)c2c1. The van der Waals surface area contributed by atoms with E-state index < -0.39 is 0 Å². The zero-order chi connectivity index (χ0) is 25.6. The highest BCUT2D eigenvalue weighted by atomic mass is 16.7. The smallest absolute Gasteiger partial charge is 0.231 e. The summed E-state index contributed by atoms with van der Waals surface area (Å²) in [7, 11) is 1.65. The fourth-order valence-corrected chi connectivity index (χ4v) is 5.25. The monoisotopic (exact) mass is 512 g/mol. The molecule has 1 saturated heterocycles. The van der Waals surface area contributed by atoms with Crippen molar-refractivity contribution in [2.45, 2.75) is 31.7 Å². The van der Waals surface area contributed by atoms with Gasteiger partial charge in [-0.3, -0.25) is 9.36 Å². The molecule has 0 radical (unpaired) electrons. The van der Waals surface area contributed by atoms with Crippen molar-refractivity contribution in [1.29, 1.82) is 0 Å². The highest BCUT2D eigenvalue weighted by Crippen LogP contribution is 2.38. The summed E-state index contributed by atoms with van der Waals surface area (Å²) in [6.07, 6.45) is 5.73. The van der Waals surface area contributed by atoms with E-state index in [-0.39, 0.29) is 18.8 Å². The molecule has 0 unspecified atom stereocenters. The van der Waals surface area contributed by atoms with E-state index in [4.69, 9.17) is 24.2 Å². The predicted octanol–water partition coefficient (Wildman–Crippen LogP) is 4.03. The van der Waals surface area contributed by atoms with Crippen molar-refractivity contribution in [1.82, 2.24) is 24.4 Å². The molecule has 4 heterocycles. The molecule has 2 aromatic heterocycles. The summed E-state index contributed by atoms with van der Waals surface area (Å²) < 4.78 is 18.6. The van der Waals surface area contributed by atoms with E-state index in [1.54, 1.807) is 13.3 Å². The van der Waals surface area contributed by atoms with Gasteiger partial charge in [0.15, 0.2) is 11.5 Å². The number of amides is 1. The number of fused-ring (bicyclic) bond motifs is 2. The van der Waals surface area contributed by atoms with Gasteiger partial charge >= 0.3 is 0 Å². The lowest BCUT2D eigenvalue weighted by Gasteiger charge is -2.33. The Morgan fingerprint density at radius 1 is 1.05 bits per heavy atom. The number of hydrogen-bond donors (Lipinski definition) is 1. The summed E-state index contributed by atoms with van der Waals surface area (Å²) in [5.41, 5.74) is 2.55. The van der Waals surface area contributed by atoms with E-state index in [2.05, 4.69) is 10.3 Å². The predicted molar refractivity (Wildman–Crippen MR) is 141 cm³/mol. The summed E-state index contributed by atoms with van der Waals surface area (Å²) in [5, 5.41) is 3.48. The van der Waals surface area contributed by atoms with Crippen LogP contribution in [0.25, 0.3) is 28.2 Å². The van der Waals surface area contributed by atoms with E-state index in [9.17, 15) is 4.79 Å². The topological polar surface area (TPSA) is 104 Å². The van der Waals surface area contributed by atoms with Gasteiger partial charge in [0.1, 0.15) is 17.4 Å². The van der Waals surface area contributed by atoms with Crippen LogP contribution in [0.15, 0.2) is 48.7 Å². The molecule has 38 heavy (non-hydrogen) atoms. The summed E-state index contributed by atoms with van der Waals surface area (Å²) in [6.45, 7) is 1.71. The molecule has 7 rings (SSSR count). The summed E-state index contributed by atoms with van der Waals surface area (Å²) >= 11 is 0. The van der Waals surface area contributed by atoms with Gasteiger partial charge in [-0.05, 0) is 62.1 Å². The number of aromatic nitrogens is 4. The first-order valence-electron chi connectivity index (χ1n) is 13.0. The Morgan fingerprint density at radius 2 is 1.95 bits per heavy atom. The second-order valence-electron chi connectivity index (χ2n) is 9.97. The molecule has 2 aromatic carbocycles. The van der Waals surface area contributed by atoms with Crippen molar-refractivity contribution in [2.24, 2.45) is 5.92 Å². The van der Waals surface area contributed by atoms with Gasteiger partial charge in [0.05, 0.1) is 18.1 Å². The van der Waals surface area contributed by atoms with Gasteiger partial charge in [0.2, 0.25) is 18.6 Å². The minimum atomic E-state index is 0.106. The molecule has 194 valence electrons. The standard InChI is InChI=1S/C28H28N6O4/c1-36-20-7-8-21-22(14-20)34(26(31-21)18-6-9-23-24(13-18)38-16-37-23)25-10-11-29-28(32-25)30-19-3-2-12-33(15-19)27(35)17-4-5-17/h6-11,13-14,17,19H,2-5,12,15-16H2,1H3,(H,29,30,32)/t19-/m0/s1. The van der Waals surface area contributed by atoms with E-state index >= 15 is 0 Å². The molecule has 2 aliphatic heterocycles. The number of nitrogens with one attached hydrogen (secondary N) is 1. The van der Waals surface area contributed by atoms with Gasteiger partial charge in [-0.15, -0.1) is 0 Å². The van der Waals surface area contributed by atoms with Crippen molar-refractivity contribution >= 4 is 22.9 Å². The molecular weight excluding hydrogens is 484 g/mol. The summed E-state index contributed by atoms with van der Waals surface area (Å²) in [5.74, 6) is 4.57. The first kappa shape index (κ1) is 22.8. The lowest BCUT2D eigenvalue weighted by atomic mass is 10.1. The van der Waals surface area contributed by atoms with Crippen LogP contribution in [0.4, 0.5) is 5.95 Å². The molecule has 3 aliphatic rings. The van der Waals surface area contributed by atoms with Gasteiger partial charge in [0.25, 0.3) is 0 Å². The van der Waals surface area contributed by atoms with Crippen molar-refractivity contribution in [3.63, 3.8) is 0 Å². The number of methoxy groups -OCH3 is 1. The number of hydrogen-bond acceptors (Lipinski definition) is 8. The number of likely N-dealkylation sites (tertiary alicyclic amines) is 1. The molecular formula is C28H28N6O4. The van der Waals surface area contributed by atoms with Gasteiger partial charge in [0, 0.05) is 42.9 Å². The van der Waals surface area contributed by atoms with E-state index in [0.717, 1.165) is 60.4 Å². The van der Waals surface area contributed by atoms with Crippen LogP contribution < -0.4 is 19.5 Å². The average Bonchev–Trinajstić information content (AvgIpc) is 3.57. The molecule has 1 amide bonds. The molecule has 1 N–H and O–H groups in total. The number of imidazole rings is 1. The first-order chi connectivity index (χ1) is 18.7. The van der Waals surface area contributed by atoms with Gasteiger partial charge in [-0.1, -0.05) is 0 Å². The number of ether oxygens (including phenoxy) is 3. The normalized spacial score (nSPS) is 18.6. The van der Waals surface area contributed by atoms with Crippen LogP contribution in [0.5, 0.6) is 17.2 Å². The zero-order valence-electron chi connectivity index (χ0n) is 21.1. The van der Waals surface area contributed by atoms with E-state index in [1.807, 2.05) is 51.9 Å². The van der Waals surface area contributed by atoms with E-state index in [0.29, 0.717) is 35.7 Å². The Morgan fingerprint density at radius 3 is 2.82 bits per heavy atom. The van der Waals surface area contributed by atoms with Crippen LogP contribution in [-0.2, 0) is 4.79 Å². The Hall–Kier alpha value is -4.34. The Balaban J connectivity index is 1.25. The third kappa shape index (κ3) is 4.15. The fourth-order valence-electron chi connectivity index (χ4n) is 5.25. The summed E-state index contributed by atoms with van der Waals surface area (Å²) in [6, 6.07) is 13.6. The molecule has 10 heteroatoms. The Kier molecular flexibility index (Phi) is 5.52. The summed E-state index contributed by atoms with van der Waals surface area (Å²) in [4.78, 5) is 29.0. The van der Waals surface area contributed by atoms with Crippen LogP contribution >= 0.6 is 0 Å². The van der Waals surface area contributed by atoms with Crippen LogP contribution in [0.3, 0.4) is 0 Å². The van der Waals surface area contributed by atoms with Gasteiger partial charge in [-0.25, -0.2) is 9.97 Å². The lowest BCUT2D eigenvalue weighted by Crippen LogP contribution is -2.45. The van der Waals surface area contributed by atoms with Crippen LogP contribution in [0, 0.1) is 5.92 Å². The van der Waals surface area contributed by atoms with E-state index in [1.165, 1.54) is 0 Å². The second kappa shape index (κ2) is 9.20. The number of anilines is 1. The van der Waals surface area contributed by atoms with Crippen LogP contribution in [0.2, 0.25) is 0 Å². The quantitative estimate of drug-likeness (QED) is 0.413. The van der Waals surface area contributed by atoms with Crippen LogP contribution in [-0.4, -0.2) is 63.4 Å². The highest BCUT2D eigenvalue weighted by molar-refractivity contribution is 5.84. The molecule has 10 nitrogen and oxygen atoms in total. The molecule has 4 aromatic rings. The Labute approximate surface area is 219 Å². The number of nitrogens with zero attached hydrogens (tertiary/aromatic N) is 5. The Bertz CT molecular complexity index is 1530. The maximum atomic E-state index is 12.6. The number of benzene rings is 2. The molecule has 1 saturated carbocycles. The number of rotatable bonds is 6. The molecule has 0 spiro atoms. The van der Waals surface area contributed by atoms with Crippen molar-refractivity contribution in [3.8, 4) is 34.5 Å². The molecule has 1 atom stereocenters. The third-order valence-corrected chi connectivity index (χ3v) is 7.36. The number of carbonyl (C=O) groups is 1. The average molecular weight is 513 g/mol. The van der Waals surface area contributed by atoms with Crippen molar-refractivity contribution < 1.29 is 19.0 Å². The van der Waals surface area contributed by atoms with Crippen molar-refractivity contribution in [2.75, 3.05) is 32.3 Å². The van der Waals surface area contributed by atoms with Gasteiger partial charge in [-0.2, -0.15) is 4.98 Å². The lowest BCUT2D eigenvalue weighted by molar-refractivity contribution is -0.133. The van der Waals surface area contributed by atoms with Crippen LogP contribution in [0.1, 0.15) is 25.7 Å². The largest absolute Gasteiger partial charge is 0.497 e. The maximum absolute atomic E-state index is 12.6. The highest BCUT2D eigenvalue weighted by Gasteiger charge is 2.35. The molecule has 2 fully saturated rings. The minimum absolute atomic E-state index is 0.106. The van der Waals surface area contributed by atoms with Crippen molar-refractivity contribution in [3.05, 3.63) is 48.7 Å². The second-order valence-corrected chi connectivity index (χ2v) is 9.97. The zero-order valence-corrected chi connectivity index (χ0v) is 21.1. The number of carbonyl (C=O) groups excluding carboxylic acids is 1. The third-order valence-electron chi connectivity index (χ3n) is 7.36. The number of piperidine rings is 1. The van der Waals surface area contributed by atoms with Gasteiger partial charge < -0.3 is 24.4 Å². The first-order valence-corrected chi connectivity index (χ1v) is 13.0.